The molecule has 0 heterocycles. The lowest BCUT2D eigenvalue weighted by molar-refractivity contribution is -0.114. The van der Waals surface area contributed by atoms with Gasteiger partial charge in [-0.2, -0.15) is 0 Å². The Balaban J connectivity index is 1.81. The number of hydrogen-bond acceptors (Lipinski definition) is 3. The van der Waals surface area contributed by atoms with E-state index in [1.54, 1.807) is 0 Å². The van der Waals surface area contributed by atoms with Crippen LogP contribution in [0.3, 0.4) is 0 Å². The third-order valence-corrected chi connectivity index (χ3v) is 3.73. The fourth-order valence-electron chi connectivity index (χ4n) is 2.36. The van der Waals surface area contributed by atoms with Crippen molar-refractivity contribution in [2.75, 3.05) is 23.8 Å². The molecule has 4 heteroatoms. The van der Waals surface area contributed by atoms with E-state index >= 15 is 0 Å². The zero-order valence-corrected chi connectivity index (χ0v) is 14.7. The molecule has 4 nitrogen and oxygen atoms in total. The van der Waals surface area contributed by atoms with Gasteiger partial charge < -0.3 is 15.4 Å². The fraction of sp³-hybridized carbons (Fsp3) is 0.350. The molecule has 0 spiro atoms. The molecule has 0 aliphatic rings. The molecule has 128 valence electrons. The van der Waals surface area contributed by atoms with Crippen molar-refractivity contribution >= 4 is 17.3 Å². The molecule has 0 aliphatic carbocycles. The van der Waals surface area contributed by atoms with Gasteiger partial charge >= 0.3 is 0 Å². The number of carbonyl (C=O) groups excluding carboxylic acids is 1. The van der Waals surface area contributed by atoms with E-state index in [2.05, 4.69) is 30.5 Å². The molecule has 0 atom stereocenters. The quantitative estimate of drug-likeness (QED) is 0.701. The van der Waals surface area contributed by atoms with Gasteiger partial charge in [0.2, 0.25) is 5.91 Å². The van der Waals surface area contributed by atoms with Gasteiger partial charge in [-0.05, 0) is 56.2 Å². The van der Waals surface area contributed by atoms with Crippen molar-refractivity contribution in [3.05, 3.63) is 53.6 Å². The summed E-state index contributed by atoms with van der Waals surface area (Å²) in [7, 11) is 0. The number of benzene rings is 2. The highest BCUT2D eigenvalue weighted by Gasteiger charge is 2.04. The Morgan fingerprint density at radius 3 is 2.50 bits per heavy atom. The van der Waals surface area contributed by atoms with Gasteiger partial charge in [-0.25, -0.2) is 0 Å². The zero-order chi connectivity index (χ0) is 17.4. The van der Waals surface area contributed by atoms with Gasteiger partial charge in [-0.15, -0.1) is 0 Å². The van der Waals surface area contributed by atoms with E-state index in [-0.39, 0.29) is 12.5 Å². The minimum atomic E-state index is -0.0744. The Bertz CT molecular complexity index is 666. The van der Waals surface area contributed by atoms with E-state index in [1.165, 1.54) is 5.56 Å². The SMILES string of the molecule is CCCCOc1ccc(NC(=O)CNc2ccc(C)cc2C)cc1. The Morgan fingerprint density at radius 2 is 1.83 bits per heavy atom. The minimum absolute atomic E-state index is 0.0744. The number of nitrogens with one attached hydrogen (secondary N) is 2. The maximum absolute atomic E-state index is 12.1. The topological polar surface area (TPSA) is 50.4 Å². The van der Waals surface area contributed by atoms with Crippen molar-refractivity contribution < 1.29 is 9.53 Å². The van der Waals surface area contributed by atoms with E-state index in [9.17, 15) is 4.79 Å². The number of rotatable bonds is 8. The first-order chi connectivity index (χ1) is 11.6. The van der Waals surface area contributed by atoms with Crippen LogP contribution >= 0.6 is 0 Å². The van der Waals surface area contributed by atoms with Crippen LogP contribution in [-0.4, -0.2) is 19.1 Å². The highest BCUT2D eigenvalue weighted by Crippen LogP contribution is 2.17. The number of hydrogen-bond donors (Lipinski definition) is 2. The Morgan fingerprint density at radius 1 is 1.08 bits per heavy atom. The highest BCUT2D eigenvalue weighted by atomic mass is 16.5. The van der Waals surface area contributed by atoms with Gasteiger partial charge in [-0.3, -0.25) is 4.79 Å². The lowest BCUT2D eigenvalue weighted by atomic mass is 10.1. The molecule has 0 bridgehead atoms. The molecule has 0 fully saturated rings. The molecule has 1 amide bonds. The summed E-state index contributed by atoms with van der Waals surface area (Å²) in [6, 6.07) is 13.6. The summed E-state index contributed by atoms with van der Waals surface area (Å²) in [6.45, 7) is 7.18. The van der Waals surface area contributed by atoms with Gasteiger partial charge in [0, 0.05) is 11.4 Å². The van der Waals surface area contributed by atoms with Crippen LogP contribution in [0.25, 0.3) is 0 Å². The first kappa shape index (κ1) is 17.9. The van der Waals surface area contributed by atoms with Crippen molar-refractivity contribution in [1.82, 2.24) is 0 Å². The Labute approximate surface area is 144 Å². The zero-order valence-electron chi connectivity index (χ0n) is 14.7. The summed E-state index contributed by atoms with van der Waals surface area (Å²) < 4.78 is 5.61. The predicted molar refractivity (Wildman–Crippen MR) is 99.9 cm³/mol. The van der Waals surface area contributed by atoms with Gasteiger partial charge in [0.1, 0.15) is 5.75 Å². The first-order valence-corrected chi connectivity index (χ1v) is 8.42. The van der Waals surface area contributed by atoms with Gasteiger partial charge in [-0.1, -0.05) is 31.0 Å². The molecule has 0 radical (unpaired) electrons. The maximum atomic E-state index is 12.1. The summed E-state index contributed by atoms with van der Waals surface area (Å²) in [6.07, 6.45) is 2.16. The molecular formula is C20H26N2O2. The molecule has 0 saturated carbocycles. The number of anilines is 2. The van der Waals surface area contributed by atoms with Crippen molar-refractivity contribution in [3.63, 3.8) is 0 Å². The van der Waals surface area contributed by atoms with Crippen LogP contribution in [0, 0.1) is 13.8 Å². The largest absolute Gasteiger partial charge is 0.494 e. The molecule has 0 aliphatic heterocycles. The van der Waals surface area contributed by atoms with Gasteiger partial charge in [0.05, 0.1) is 13.2 Å². The molecule has 2 aromatic carbocycles. The van der Waals surface area contributed by atoms with Crippen LogP contribution in [0.2, 0.25) is 0 Å². The van der Waals surface area contributed by atoms with E-state index in [0.29, 0.717) is 0 Å². The third-order valence-electron chi connectivity index (χ3n) is 3.73. The number of aryl methyl sites for hydroxylation is 2. The second kappa shape index (κ2) is 8.96. The van der Waals surface area contributed by atoms with Crippen LogP contribution in [-0.2, 0) is 4.79 Å². The average Bonchev–Trinajstić information content (AvgIpc) is 2.56. The lowest BCUT2D eigenvalue weighted by Gasteiger charge is -2.11. The molecule has 24 heavy (non-hydrogen) atoms. The maximum Gasteiger partial charge on any atom is 0.243 e. The van der Waals surface area contributed by atoms with Crippen LogP contribution < -0.4 is 15.4 Å². The molecular weight excluding hydrogens is 300 g/mol. The summed E-state index contributed by atoms with van der Waals surface area (Å²) in [5.41, 5.74) is 4.10. The summed E-state index contributed by atoms with van der Waals surface area (Å²) in [5, 5.41) is 6.05. The summed E-state index contributed by atoms with van der Waals surface area (Å²) >= 11 is 0. The number of unbranched alkanes of at least 4 members (excludes halogenated alkanes) is 1. The average molecular weight is 326 g/mol. The van der Waals surface area contributed by atoms with Crippen LogP contribution in [0.5, 0.6) is 5.75 Å². The Kier molecular flexibility index (Phi) is 6.67. The van der Waals surface area contributed by atoms with Crippen molar-refractivity contribution in [2.45, 2.75) is 33.6 Å². The van der Waals surface area contributed by atoms with Crippen LogP contribution in [0.4, 0.5) is 11.4 Å². The summed E-state index contributed by atoms with van der Waals surface area (Å²) in [5.74, 6) is 0.754. The lowest BCUT2D eigenvalue weighted by Crippen LogP contribution is -2.22. The van der Waals surface area contributed by atoms with Crippen molar-refractivity contribution in [1.29, 1.82) is 0 Å². The van der Waals surface area contributed by atoms with E-state index in [4.69, 9.17) is 4.74 Å². The van der Waals surface area contributed by atoms with E-state index in [1.807, 2.05) is 43.3 Å². The second-order valence-corrected chi connectivity index (χ2v) is 5.95. The second-order valence-electron chi connectivity index (χ2n) is 5.95. The van der Waals surface area contributed by atoms with E-state index < -0.39 is 0 Å². The molecule has 2 rings (SSSR count). The van der Waals surface area contributed by atoms with E-state index in [0.717, 1.165) is 42.1 Å². The summed E-state index contributed by atoms with van der Waals surface area (Å²) in [4.78, 5) is 12.1. The highest BCUT2D eigenvalue weighted by molar-refractivity contribution is 5.93. The molecule has 2 N–H and O–H groups in total. The van der Waals surface area contributed by atoms with Crippen LogP contribution in [0.15, 0.2) is 42.5 Å². The number of ether oxygens (including phenoxy) is 1. The van der Waals surface area contributed by atoms with Crippen molar-refractivity contribution in [2.24, 2.45) is 0 Å². The van der Waals surface area contributed by atoms with Crippen LogP contribution in [0.1, 0.15) is 30.9 Å². The number of amides is 1. The standard InChI is InChI=1S/C20H26N2O2/c1-4-5-12-24-18-9-7-17(8-10-18)22-20(23)14-21-19-11-6-15(2)13-16(19)3/h6-11,13,21H,4-5,12,14H2,1-3H3,(H,22,23). The molecule has 0 unspecified atom stereocenters. The van der Waals surface area contributed by atoms with Gasteiger partial charge in [0.25, 0.3) is 0 Å². The monoisotopic (exact) mass is 326 g/mol. The normalized spacial score (nSPS) is 10.3. The smallest absolute Gasteiger partial charge is 0.243 e. The van der Waals surface area contributed by atoms with Crippen molar-refractivity contribution in [3.8, 4) is 5.75 Å². The minimum Gasteiger partial charge on any atom is -0.494 e. The molecule has 0 aromatic heterocycles. The number of carbonyl (C=O) groups is 1. The first-order valence-electron chi connectivity index (χ1n) is 8.42. The molecule has 0 saturated heterocycles. The molecule has 2 aromatic rings. The Hall–Kier alpha value is -2.49. The predicted octanol–water partition coefficient (Wildman–Crippen LogP) is 4.53. The van der Waals surface area contributed by atoms with Gasteiger partial charge in [0.15, 0.2) is 0 Å². The fourth-order valence-corrected chi connectivity index (χ4v) is 2.36. The third kappa shape index (κ3) is 5.61.